The van der Waals surface area contributed by atoms with Crippen LogP contribution in [0.25, 0.3) is 22.3 Å². The maximum absolute atomic E-state index is 9.99. The molecule has 2 unspecified atom stereocenters. The summed E-state index contributed by atoms with van der Waals surface area (Å²) in [4.78, 5) is 1.10. The Morgan fingerprint density at radius 1 is 1.09 bits per heavy atom. The van der Waals surface area contributed by atoms with Crippen LogP contribution in [0.2, 0.25) is 0 Å². The fraction of sp³-hybridized carbons (Fsp3) is 0.286. The predicted molar refractivity (Wildman–Crippen MR) is 135 cm³/mol. The molecular formula is C28H28NO3S. The van der Waals surface area contributed by atoms with Crippen LogP contribution in [-0.2, 0) is 6.42 Å². The van der Waals surface area contributed by atoms with Gasteiger partial charge < -0.3 is 14.3 Å². The minimum Gasteiger partial charge on any atom is -0.504 e. The van der Waals surface area contributed by atoms with Crippen molar-refractivity contribution in [3.05, 3.63) is 77.9 Å². The Morgan fingerprint density at radius 3 is 2.73 bits per heavy atom. The van der Waals surface area contributed by atoms with E-state index in [4.69, 9.17) is 14.5 Å². The van der Waals surface area contributed by atoms with Crippen LogP contribution in [-0.4, -0.2) is 31.6 Å². The van der Waals surface area contributed by atoms with Gasteiger partial charge in [0.15, 0.2) is 11.5 Å². The molecule has 0 aliphatic carbocycles. The average molecular weight is 459 g/mol. The number of ether oxygens (including phenoxy) is 1. The minimum atomic E-state index is 0.121. The lowest BCUT2D eigenvalue weighted by Crippen LogP contribution is -2.32. The van der Waals surface area contributed by atoms with Gasteiger partial charge in [0, 0.05) is 30.0 Å². The van der Waals surface area contributed by atoms with Crippen molar-refractivity contribution < 1.29 is 14.3 Å². The van der Waals surface area contributed by atoms with E-state index in [1.807, 2.05) is 12.1 Å². The van der Waals surface area contributed by atoms with Gasteiger partial charge in [0.05, 0.1) is 12.0 Å². The summed E-state index contributed by atoms with van der Waals surface area (Å²) in [6.07, 6.45) is 4.28. The van der Waals surface area contributed by atoms with E-state index < -0.39 is 0 Å². The monoisotopic (exact) mass is 458 g/mol. The van der Waals surface area contributed by atoms with Crippen molar-refractivity contribution in [1.29, 1.82) is 0 Å². The highest BCUT2D eigenvalue weighted by atomic mass is 32.2. The summed E-state index contributed by atoms with van der Waals surface area (Å²) in [6.45, 7) is 1.82. The number of hydrogen-bond acceptors (Lipinski definition) is 4. The van der Waals surface area contributed by atoms with Gasteiger partial charge in [0.1, 0.15) is 11.3 Å². The van der Waals surface area contributed by atoms with Crippen LogP contribution >= 0.6 is 11.8 Å². The fourth-order valence-corrected chi connectivity index (χ4v) is 5.64. The van der Waals surface area contributed by atoms with Crippen molar-refractivity contribution in [3.63, 3.8) is 0 Å². The summed E-state index contributed by atoms with van der Waals surface area (Å²) >= 11 is 1.68. The maximum atomic E-state index is 9.99. The zero-order chi connectivity index (χ0) is 22.8. The highest BCUT2D eigenvalue weighted by Gasteiger charge is 2.28. The van der Waals surface area contributed by atoms with E-state index in [9.17, 15) is 5.11 Å². The smallest absolute Gasteiger partial charge is 0.161 e. The van der Waals surface area contributed by atoms with Crippen molar-refractivity contribution in [2.45, 2.75) is 23.7 Å². The van der Waals surface area contributed by atoms with Crippen molar-refractivity contribution in [2.24, 2.45) is 5.92 Å². The van der Waals surface area contributed by atoms with E-state index in [1.165, 1.54) is 11.1 Å². The number of nitrogens with zero attached hydrogens (tertiary/aromatic N) is 1. The van der Waals surface area contributed by atoms with Gasteiger partial charge in [-0.1, -0.05) is 36.4 Å². The molecule has 0 bridgehead atoms. The molecule has 0 amide bonds. The van der Waals surface area contributed by atoms with E-state index in [-0.39, 0.29) is 5.75 Å². The average Bonchev–Trinajstić information content (AvgIpc) is 3.23. The molecule has 1 fully saturated rings. The fourth-order valence-electron chi connectivity index (χ4n) is 4.91. The Morgan fingerprint density at radius 2 is 1.94 bits per heavy atom. The van der Waals surface area contributed by atoms with Crippen LogP contribution < -0.4 is 10.1 Å². The lowest BCUT2D eigenvalue weighted by atomic mass is 9.78. The molecule has 1 radical (unpaired) electrons. The predicted octanol–water partition coefficient (Wildman–Crippen LogP) is 6.49. The quantitative estimate of drug-likeness (QED) is 0.336. The summed E-state index contributed by atoms with van der Waals surface area (Å²) in [5, 5.41) is 15.9. The zero-order valence-corrected chi connectivity index (χ0v) is 19.8. The van der Waals surface area contributed by atoms with Crippen molar-refractivity contribution in [2.75, 3.05) is 26.5 Å². The Hall–Kier alpha value is -2.89. The maximum Gasteiger partial charge on any atom is 0.161 e. The molecule has 3 aromatic carbocycles. The van der Waals surface area contributed by atoms with Gasteiger partial charge in [-0.2, -0.15) is 0 Å². The largest absolute Gasteiger partial charge is 0.504 e. The van der Waals surface area contributed by atoms with Crippen LogP contribution in [0.3, 0.4) is 0 Å². The molecule has 4 nitrogen and oxygen atoms in total. The van der Waals surface area contributed by atoms with Crippen LogP contribution in [0.5, 0.6) is 11.5 Å². The Bertz CT molecular complexity index is 1250. The highest BCUT2D eigenvalue weighted by Crippen LogP contribution is 2.43. The molecule has 0 saturated carbocycles. The molecule has 5 heteroatoms. The Kier molecular flexibility index (Phi) is 6.34. The van der Waals surface area contributed by atoms with Crippen LogP contribution in [0.1, 0.15) is 23.5 Å². The van der Waals surface area contributed by atoms with E-state index in [2.05, 4.69) is 54.8 Å². The second-order valence-electron chi connectivity index (χ2n) is 8.58. The lowest BCUT2D eigenvalue weighted by Gasteiger charge is -2.32. The van der Waals surface area contributed by atoms with Gasteiger partial charge in [0.2, 0.25) is 0 Å². The SMILES string of the molecule is COc1cc(-c2oc3ccc(C4C[N]CCC4Cc4ccccc4)cc3c2SC)ccc1O. The number of methoxy groups -OCH3 is 1. The van der Waals surface area contributed by atoms with Crippen molar-refractivity contribution >= 4 is 22.7 Å². The normalized spacial score (nSPS) is 18.5. The first-order chi connectivity index (χ1) is 16.2. The highest BCUT2D eigenvalue weighted by molar-refractivity contribution is 7.99. The third-order valence-electron chi connectivity index (χ3n) is 6.63. The third kappa shape index (κ3) is 4.35. The Balaban J connectivity index is 1.52. The number of fused-ring (bicyclic) bond motifs is 1. The van der Waals surface area contributed by atoms with Crippen LogP contribution in [0.4, 0.5) is 0 Å². The number of phenols is 1. The molecule has 169 valence electrons. The standard InChI is InChI=1S/C28H28NO3S/c1-31-26-16-21(8-10-24(26)30)27-28(33-2)22-15-19(9-11-25(22)32-27)23-17-29-13-12-20(23)14-18-6-4-3-5-7-18/h3-11,15-16,20,23,30H,12-14,17H2,1-2H3. The molecule has 4 aromatic rings. The van der Waals surface area contributed by atoms with E-state index in [1.54, 1.807) is 24.9 Å². The number of aromatic hydroxyl groups is 1. The molecule has 1 N–H and O–H groups in total. The second-order valence-corrected chi connectivity index (χ2v) is 9.40. The minimum absolute atomic E-state index is 0.121. The number of phenolic OH excluding ortho intramolecular Hbond substituents is 1. The zero-order valence-electron chi connectivity index (χ0n) is 19.0. The van der Waals surface area contributed by atoms with Gasteiger partial charge >= 0.3 is 0 Å². The molecule has 2 heterocycles. The molecule has 1 aromatic heterocycles. The van der Waals surface area contributed by atoms with Crippen molar-refractivity contribution in [1.82, 2.24) is 5.32 Å². The van der Waals surface area contributed by atoms with E-state index in [0.29, 0.717) is 17.6 Å². The number of rotatable bonds is 6. The van der Waals surface area contributed by atoms with Gasteiger partial charge in [0.25, 0.3) is 0 Å². The van der Waals surface area contributed by atoms with Gasteiger partial charge in [-0.25, -0.2) is 5.32 Å². The van der Waals surface area contributed by atoms with Crippen LogP contribution in [0, 0.1) is 5.92 Å². The van der Waals surface area contributed by atoms with Crippen LogP contribution in [0.15, 0.2) is 76.0 Å². The molecular weight excluding hydrogens is 430 g/mol. The summed E-state index contributed by atoms with van der Waals surface area (Å²) in [6, 6.07) is 22.7. The number of thioether (sulfide) groups is 1. The number of benzene rings is 3. The molecule has 1 aliphatic heterocycles. The molecule has 5 rings (SSSR count). The van der Waals surface area contributed by atoms with Crippen molar-refractivity contribution in [3.8, 4) is 22.8 Å². The third-order valence-corrected chi connectivity index (χ3v) is 7.45. The van der Waals surface area contributed by atoms with Gasteiger partial charge in [-0.15, -0.1) is 11.8 Å². The summed E-state index contributed by atoms with van der Waals surface area (Å²) in [5.74, 6) is 2.35. The molecule has 0 spiro atoms. The first-order valence-corrected chi connectivity index (χ1v) is 12.6. The lowest BCUT2D eigenvalue weighted by molar-refractivity contribution is 0.318. The second kappa shape index (κ2) is 9.54. The summed E-state index contributed by atoms with van der Waals surface area (Å²) in [5.41, 5.74) is 4.49. The molecule has 2 atom stereocenters. The number of piperidine rings is 1. The Labute approximate surface area is 199 Å². The molecule has 33 heavy (non-hydrogen) atoms. The van der Waals surface area contributed by atoms with E-state index >= 15 is 0 Å². The number of furan rings is 1. The molecule has 1 aliphatic rings. The van der Waals surface area contributed by atoms with Gasteiger partial charge in [-0.05, 0) is 66.5 Å². The summed E-state index contributed by atoms with van der Waals surface area (Å²) in [7, 11) is 1.56. The number of hydrogen-bond donors (Lipinski definition) is 1. The topological polar surface area (TPSA) is 56.7 Å². The first kappa shape index (κ1) is 21.9. The van der Waals surface area contributed by atoms with Gasteiger partial charge in [-0.3, -0.25) is 0 Å². The van der Waals surface area contributed by atoms with E-state index in [0.717, 1.165) is 53.1 Å². The summed E-state index contributed by atoms with van der Waals surface area (Å²) < 4.78 is 11.6. The molecule has 1 saturated heterocycles. The first-order valence-electron chi connectivity index (χ1n) is 11.3.